The second-order valence-electron chi connectivity index (χ2n) is 5.81. The zero-order valence-corrected chi connectivity index (χ0v) is 13.4. The summed E-state index contributed by atoms with van der Waals surface area (Å²) in [5, 5.41) is 18.5. The topological polar surface area (TPSA) is 79.0 Å². The van der Waals surface area contributed by atoms with Gasteiger partial charge in [-0.05, 0) is 43.2 Å². The van der Waals surface area contributed by atoms with Crippen molar-refractivity contribution in [1.82, 2.24) is 9.97 Å². The van der Waals surface area contributed by atoms with E-state index >= 15 is 0 Å². The van der Waals surface area contributed by atoms with E-state index in [0.717, 1.165) is 28.7 Å². The summed E-state index contributed by atoms with van der Waals surface area (Å²) in [7, 11) is 0. The van der Waals surface area contributed by atoms with Gasteiger partial charge in [-0.15, -0.1) is 0 Å². The van der Waals surface area contributed by atoms with E-state index in [0.29, 0.717) is 30.0 Å². The maximum absolute atomic E-state index is 9.77. The summed E-state index contributed by atoms with van der Waals surface area (Å²) in [5.74, 6) is 1.31. The Labute approximate surface area is 144 Å². The molecule has 1 N–H and O–H groups in total. The Morgan fingerprint density at radius 2 is 1.84 bits per heavy atom. The highest BCUT2D eigenvalue weighted by Gasteiger charge is 2.25. The van der Waals surface area contributed by atoms with Crippen LogP contribution in [0.4, 0.5) is 0 Å². The van der Waals surface area contributed by atoms with Crippen molar-refractivity contribution in [2.24, 2.45) is 0 Å². The zero-order valence-electron chi connectivity index (χ0n) is 13.4. The third kappa shape index (κ3) is 2.79. The Kier molecular flexibility index (Phi) is 3.79. The summed E-state index contributed by atoms with van der Waals surface area (Å²) in [5.41, 5.74) is 3.85. The Morgan fingerprint density at radius 3 is 2.60 bits per heavy atom. The number of fused-ring (bicyclic) bond motifs is 4. The molecule has 5 heteroatoms. The van der Waals surface area contributed by atoms with Crippen molar-refractivity contribution in [1.29, 1.82) is 5.26 Å². The molecule has 0 bridgehead atoms. The first-order chi connectivity index (χ1) is 12.3. The van der Waals surface area contributed by atoms with Gasteiger partial charge in [0.15, 0.2) is 5.76 Å². The molecule has 0 atom stereocenters. The van der Waals surface area contributed by atoms with Gasteiger partial charge < -0.3 is 9.84 Å². The molecular formula is C20H15N3O2. The molecule has 5 nitrogen and oxygen atoms in total. The lowest BCUT2D eigenvalue weighted by Crippen LogP contribution is -2.09. The van der Waals surface area contributed by atoms with Crippen molar-refractivity contribution >= 4 is 16.8 Å². The molecule has 0 saturated carbocycles. The molecule has 0 aliphatic carbocycles. The van der Waals surface area contributed by atoms with E-state index in [9.17, 15) is 5.11 Å². The number of ether oxygens (including phenoxy) is 1. The number of hydrogen-bond acceptors (Lipinski definition) is 5. The van der Waals surface area contributed by atoms with Crippen LogP contribution in [0.25, 0.3) is 28.0 Å². The molecule has 1 aliphatic heterocycles. The SMILES string of the molecule is N#CCCC/C=C1\Oc2cc(O)ccc2-c2nc3ccccc3nc21. The predicted octanol–water partition coefficient (Wildman–Crippen LogP) is 4.43. The first-order valence-corrected chi connectivity index (χ1v) is 8.12. The smallest absolute Gasteiger partial charge is 0.151 e. The van der Waals surface area contributed by atoms with Crippen LogP contribution in [0.1, 0.15) is 25.0 Å². The first-order valence-electron chi connectivity index (χ1n) is 8.12. The molecule has 0 saturated heterocycles. The van der Waals surface area contributed by atoms with Gasteiger partial charge in [-0.2, -0.15) is 5.26 Å². The number of benzene rings is 2. The number of rotatable bonds is 3. The number of para-hydroxylation sites is 2. The predicted molar refractivity (Wildman–Crippen MR) is 94.7 cm³/mol. The van der Waals surface area contributed by atoms with Crippen LogP contribution in [0.3, 0.4) is 0 Å². The second kappa shape index (κ2) is 6.25. The Morgan fingerprint density at radius 1 is 1.08 bits per heavy atom. The molecule has 2 aromatic carbocycles. The van der Waals surface area contributed by atoms with Gasteiger partial charge in [0.1, 0.15) is 22.9 Å². The summed E-state index contributed by atoms with van der Waals surface area (Å²) in [6.07, 6.45) is 3.90. The molecule has 0 fully saturated rings. The summed E-state index contributed by atoms with van der Waals surface area (Å²) < 4.78 is 5.98. The molecule has 0 unspecified atom stereocenters. The zero-order chi connectivity index (χ0) is 17.2. The average molecular weight is 329 g/mol. The number of nitriles is 1. The number of aromatic hydroxyl groups is 1. The van der Waals surface area contributed by atoms with Gasteiger partial charge >= 0.3 is 0 Å². The van der Waals surface area contributed by atoms with Gasteiger partial charge in [-0.25, -0.2) is 9.97 Å². The molecule has 3 aromatic rings. The molecule has 4 rings (SSSR count). The van der Waals surface area contributed by atoms with E-state index in [1.807, 2.05) is 30.3 Å². The highest BCUT2D eigenvalue weighted by molar-refractivity contribution is 5.88. The van der Waals surface area contributed by atoms with Crippen LogP contribution >= 0.6 is 0 Å². The van der Waals surface area contributed by atoms with E-state index in [1.54, 1.807) is 18.2 Å². The summed E-state index contributed by atoms with van der Waals surface area (Å²) in [6, 6.07) is 14.8. The van der Waals surface area contributed by atoms with Crippen LogP contribution in [0, 0.1) is 11.3 Å². The molecular weight excluding hydrogens is 314 g/mol. The summed E-state index contributed by atoms with van der Waals surface area (Å²) in [6.45, 7) is 0. The van der Waals surface area contributed by atoms with Crippen molar-refractivity contribution in [3.8, 4) is 28.8 Å². The van der Waals surface area contributed by atoms with Crippen LogP contribution in [0.2, 0.25) is 0 Å². The van der Waals surface area contributed by atoms with Crippen LogP contribution < -0.4 is 4.74 Å². The minimum Gasteiger partial charge on any atom is -0.508 e. The third-order valence-corrected chi connectivity index (χ3v) is 4.07. The summed E-state index contributed by atoms with van der Waals surface area (Å²) >= 11 is 0. The lowest BCUT2D eigenvalue weighted by atomic mass is 10.0. The molecule has 122 valence electrons. The van der Waals surface area contributed by atoms with Crippen molar-refractivity contribution in [2.75, 3.05) is 0 Å². The molecule has 1 aromatic heterocycles. The first kappa shape index (κ1) is 15.2. The molecule has 1 aliphatic rings. The normalized spacial score (nSPS) is 13.8. The van der Waals surface area contributed by atoms with Crippen LogP contribution in [0.15, 0.2) is 48.5 Å². The van der Waals surface area contributed by atoms with Gasteiger partial charge in [-0.1, -0.05) is 12.1 Å². The number of hydrogen-bond donors (Lipinski definition) is 1. The number of allylic oxidation sites excluding steroid dienone is 1. The maximum atomic E-state index is 9.77. The monoisotopic (exact) mass is 329 g/mol. The average Bonchev–Trinajstić information content (AvgIpc) is 2.63. The highest BCUT2D eigenvalue weighted by Crippen LogP contribution is 2.42. The van der Waals surface area contributed by atoms with E-state index in [4.69, 9.17) is 20.0 Å². The van der Waals surface area contributed by atoms with Gasteiger partial charge in [0.25, 0.3) is 0 Å². The molecule has 0 amide bonds. The van der Waals surface area contributed by atoms with Gasteiger partial charge in [0.05, 0.1) is 17.1 Å². The van der Waals surface area contributed by atoms with E-state index < -0.39 is 0 Å². The number of aromatic nitrogens is 2. The van der Waals surface area contributed by atoms with Crippen molar-refractivity contribution < 1.29 is 9.84 Å². The third-order valence-electron chi connectivity index (χ3n) is 4.07. The molecule has 25 heavy (non-hydrogen) atoms. The van der Waals surface area contributed by atoms with Gasteiger partial charge in [0, 0.05) is 18.1 Å². The quantitative estimate of drug-likeness (QED) is 0.719. The van der Waals surface area contributed by atoms with Crippen molar-refractivity contribution in [2.45, 2.75) is 19.3 Å². The largest absolute Gasteiger partial charge is 0.508 e. The van der Waals surface area contributed by atoms with E-state index in [2.05, 4.69) is 6.07 Å². The maximum Gasteiger partial charge on any atom is 0.151 e. The fourth-order valence-corrected chi connectivity index (χ4v) is 2.87. The number of phenolic OH excluding ortho intramolecular Hbond substituents is 1. The number of unbranched alkanes of at least 4 members (excludes halogenated alkanes) is 2. The Balaban J connectivity index is 1.88. The molecule has 0 radical (unpaired) electrons. The number of nitrogens with zero attached hydrogens (tertiary/aromatic N) is 3. The highest BCUT2D eigenvalue weighted by atomic mass is 16.5. The molecule has 0 spiro atoms. The van der Waals surface area contributed by atoms with Crippen LogP contribution in [0.5, 0.6) is 11.5 Å². The fraction of sp³-hybridized carbons (Fsp3) is 0.150. The Hall–Kier alpha value is -3.39. The van der Waals surface area contributed by atoms with E-state index in [-0.39, 0.29) is 5.75 Å². The van der Waals surface area contributed by atoms with Crippen LogP contribution in [-0.2, 0) is 0 Å². The number of phenols is 1. The molecule has 2 heterocycles. The minimum atomic E-state index is 0.139. The summed E-state index contributed by atoms with van der Waals surface area (Å²) in [4.78, 5) is 9.50. The van der Waals surface area contributed by atoms with Crippen molar-refractivity contribution in [3.63, 3.8) is 0 Å². The van der Waals surface area contributed by atoms with Crippen molar-refractivity contribution in [3.05, 3.63) is 54.2 Å². The van der Waals surface area contributed by atoms with Gasteiger partial charge in [-0.3, -0.25) is 0 Å². The minimum absolute atomic E-state index is 0.139. The standard InChI is InChI=1S/C20H15N3O2/c21-11-5-1-2-8-17-20-19(14-10-9-13(24)12-18(14)25-17)22-15-6-3-4-7-16(15)23-20/h3-4,6-10,12,24H,1-2,5H2/b17-8-. The fourth-order valence-electron chi connectivity index (χ4n) is 2.87. The lowest BCUT2D eigenvalue weighted by molar-refractivity contribution is 0.462. The van der Waals surface area contributed by atoms with Crippen LogP contribution in [-0.4, -0.2) is 15.1 Å². The lowest BCUT2D eigenvalue weighted by Gasteiger charge is -2.22. The van der Waals surface area contributed by atoms with Gasteiger partial charge in [0.2, 0.25) is 0 Å². The Bertz CT molecular complexity index is 1030. The van der Waals surface area contributed by atoms with E-state index in [1.165, 1.54) is 0 Å². The second-order valence-corrected chi connectivity index (χ2v) is 5.81.